The molecule has 3 atom stereocenters. The molecular weight excluding hydrogens is 344 g/mol. The molecule has 0 aliphatic carbocycles. The number of H-pyrrole nitrogens is 1. The number of nitrogens with zero attached hydrogens (tertiary/aromatic N) is 2. The van der Waals surface area contributed by atoms with Crippen LogP contribution >= 0.6 is 23.6 Å². The van der Waals surface area contributed by atoms with E-state index in [4.69, 9.17) is 17.0 Å². The number of carbonyl (C=O) groups excluding carboxylic acids is 1. The summed E-state index contributed by atoms with van der Waals surface area (Å²) < 4.78 is 7.96. The van der Waals surface area contributed by atoms with Crippen molar-refractivity contribution in [3.63, 3.8) is 0 Å². The molecule has 130 valence electrons. The van der Waals surface area contributed by atoms with Gasteiger partial charge in [-0.25, -0.2) is 0 Å². The summed E-state index contributed by atoms with van der Waals surface area (Å²) in [4.78, 5) is 13.7. The lowest BCUT2D eigenvalue weighted by atomic mass is 9.99. The lowest BCUT2D eigenvalue weighted by Gasteiger charge is -2.33. The van der Waals surface area contributed by atoms with Gasteiger partial charge in [-0.2, -0.15) is 5.10 Å². The van der Waals surface area contributed by atoms with E-state index >= 15 is 0 Å². The topological polar surface area (TPSA) is 71.9 Å². The molecule has 1 fully saturated rings. The molecule has 2 aromatic rings. The highest BCUT2D eigenvalue weighted by atomic mass is 32.1. The first kappa shape index (κ1) is 17.3. The van der Waals surface area contributed by atoms with Gasteiger partial charge in [-0.3, -0.25) is 14.5 Å². The molecule has 2 N–H and O–H groups in total. The minimum Gasteiger partial charge on any atom is -0.375 e. The second-order valence-electron chi connectivity index (χ2n) is 6.31. The first-order valence-electron chi connectivity index (χ1n) is 8.12. The third-order valence-corrected chi connectivity index (χ3v) is 5.41. The maximum Gasteiger partial charge on any atom is 0.243 e. The SMILES string of the molecule is CC1CC(NC(=O)C(C)n2c(-c3cccs3)n[nH]c2=S)CC(C)O1. The molecule has 24 heavy (non-hydrogen) atoms. The number of amides is 1. The standard InChI is InChI=1S/C16H22N4O2S2/c1-9-7-12(8-10(2)22-9)17-15(21)11(3)20-14(18-19-16(20)23)13-5-4-6-24-13/h4-6,9-12H,7-8H2,1-3H3,(H,17,21)(H,19,23). The van der Waals surface area contributed by atoms with Crippen molar-refractivity contribution < 1.29 is 9.53 Å². The number of aromatic nitrogens is 3. The summed E-state index contributed by atoms with van der Waals surface area (Å²) in [7, 11) is 0. The van der Waals surface area contributed by atoms with Crippen LogP contribution in [0.3, 0.4) is 0 Å². The summed E-state index contributed by atoms with van der Waals surface area (Å²) in [5, 5.41) is 12.2. The normalized spacial score (nSPS) is 25.4. The largest absolute Gasteiger partial charge is 0.375 e. The van der Waals surface area contributed by atoms with Crippen molar-refractivity contribution in [3.8, 4) is 10.7 Å². The number of nitrogens with one attached hydrogen (secondary N) is 2. The number of aromatic amines is 1. The smallest absolute Gasteiger partial charge is 0.243 e. The lowest BCUT2D eigenvalue weighted by molar-refractivity contribution is -0.126. The minimum atomic E-state index is -0.429. The van der Waals surface area contributed by atoms with Gasteiger partial charge in [0.15, 0.2) is 10.6 Å². The average Bonchev–Trinajstić information content (AvgIpc) is 3.14. The third-order valence-electron chi connectivity index (χ3n) is 4.26. The summed E-state index contributed by atoms with van der Waals surface area (Å²) in [6.45, 7) is 5.93. The average molecular weight is 367 g/mol. The molecule has 3 heterocycles. The van der Waals surface area contributed by atoms with Crippen molar-refractivity contribution in [1.82, 2.24) is 20.1 Å². The van der Waals surface area contributed by atoms with Gasteiger partial charge in [0.05, 0.1) is 17.1 Å². The van der Waals surface area contributed by atoms with Crippen molar-refractivity contribution in [2.75, 3.05) is 0 Å². The molecule has 0 bridgehead atoms. The second-order valence-corrected chi connectivity index (χ2v) is 7.64. The van der Waals surface area contributed by atoms with E-state index in [9.17, 15) is 4.79 Å². The Morgan fingerprint density at radius 1 is 1.50 bits per heavy atom. The van der Waals surface area contributed by atoms with Gasteiger partial charge in [0, 0.05) is 6.04 Å². The first-order valence-corrected chi connectivity index (χ1v) is 9.41. The van der Waals surface area contributed by atoms with E-state index in [0.717, 1.165) is 17.7 Å². The molecule has 1 aliphatic heterocycles. The van der Waals surface area contributed by atoms with Gasteiger partial charge in [-0.1, -0.05) is 6.07 Å². The van der Waals surface area contributed by atoms with Gasteiger partial charge in [0.2, 0.25) is 5.91 Å². The fourth-order valence-corrected chi connectivity index (χ4v) is 4.21. The van der Waals surface area contributed by atoms with Crippen molar-refractivity contribution in [2.45, 2.75) is 57.9 Å². The van der Waals surface area contributed by atoms with E-state index in [2.05, 4.69) is 15.5 Å². The van der Waals surface area contributed by atoms with Gasteiger partial charge in [-0.15, -0.1) is 11.3 Å². The highest BCUT2D eigenvalue weighted by molar-refractivity contribution is 7.71. The molecule has 0 saturated carbocycles. The van der Waals surface area contributed by atoms with E-state index in [1.165, 1.54) is 0 Å². The van der Waals surface area contributed by atoms with Crippen LogP contribution in [-0.2, 0) is 9.53 Å². The van der Waals surface area contributed by atoms with Crippen LogP contribution in [0, 0.1) is 4.77 Å². The molecule has 1 aliphatic rings. The third kappa shape index (κ3) is 3.60. The Morgan fingerprint density at radius 3 is 2.83 bits per heavy atom. The zero-order chi connectivity index (χ0) is 17.3. The maximum absolute atomic E-state index is 12.7. The van der Waals surface area contributed by atoms with Crippen molar-refractivity contribution >= 4 is 29.5 Å². The summed E-state index contributed by atoms with van der Waals surface area (Å²) in [6, 6.07) is 3.63. The van der Waals surface area contributed by atoms with Crippen LogP contribution in [0.1, 0.15) is 39.7 Å². The summed E-state index contributed by atoms with van der Waals surface area (Å²) in [6.07, 6.45) is 1.98. The van der Waals surface area contributed by atoms with Crippen LogP contribution in [0.4, 0.5) is 0 Å². The fraction of sp³-hybridized carbons (Fsp3) is 0.562. The van der Waals surface area contributed by atoms with Crippen molar-refractivity contribution in [3.05, 3.63) is 22.3 Å². The Hall–Kier alpha value is -1.51. The van der Waals surface area contributed by atoms with Gasteiger partial charge < -0.3 is 10.1 Å². The highest BCUT2D eigenvalue weighted by Gasteiger charge is 2.28. The monoisotopic (exact) mass is 366 g/mol. The molecule has 0 aromatic carbocycles. The zero-order valence-electron chi connectivity index (χ0n) is 14.0. The molecule has 0 spiro atoms. The van der Waals surface area contributed by atoms with Crippen molar-refractivity contribution in [1.29, 1.82) is 0 Å². The Balaban J connectivity index is 1.77. The highest BCUT2D eigenvalue weighted by Crippen LogP contribution is 2.26. The quantitative estimate of drug-likeness (QED) is 0.815. The first-order chi connectivity index (χ1) is 11.5. The zero-order valence-corrected chi connectivity index (χ0v) is 15.6. The molecule has 0 radical (unpaired) electrons. The van der Waals surface area contributed by atoms with E-state index in [1.54, 1.807) is 15.9 Å². The summed E-state index contributed by atoms with van der Waals surface area (Å²) in [5.41, 5.74) is 0. The number of hydrogen-bond acceptors (Lipinski definition) is 5. The van der Waals surface area contributed by atoms with Crippen LogP contribution < -0.4 is 5.32 Å². The number of rotatable bonds is 4. The molecule has 8 heteroatoms. The molecule has 1 amide bonds. The Kier molecular flexibility index (Phi) is 5.17. The number of ether oxygens (including phenoxy) is 1. The summed E-state index contributed by atoms with van der Waals surface area (Å²) >= 11 is 6.90. The van der Waals surface area contributed by atoms with Crippen LogP contribution in [-0.4, -0.2) is 38.9 Å². The minimum absolute atomic E-state index is 0.0448. The van der Waals surface area contributed by atoms with Crippen LogP contribution in [0.15, 0.2) is 17.5 Å². The number of carbonyl (C=O) groups is 1. The van der Waals surface area contributed by atoms with Crippen molar-refractivity contribution in [2.24, 2.45) is 0 Å². The maximum atomic E-state index is 12.7. The molecule has 2 aromatic heterocycles. The van der Waals surface area contributed by atoms with Gasteiger partial charge in [0.25, 0.3) is 0 Å². The second kappa shape index (κ2) is 7.16. The number of hydrogen-bond donors (Lipinski definition) is 2. The molecule has 1 saturated heterocycles. The Morgan fingerprint density at radius 2 is 2.21 bits per heavy atom. The van der Waals surface area contributed by atoms with Crippen LogP contribution in [0.5, 0.6) is 0 Å². The number of thiophene rings is 1. The summed E-state index contributed by atoms with van der Waals surface area (Å²) in [5.74, 6) is 0.656. The molecule has 3 unspecified atom stereocenters. The van der Waals surface area contributed by atoms with Gasteiger partial charge in [-0.05, 0) is 57.3 Å². The van der Waals surface area contributed by atoms with Gasteiger partial charge >= 0.3 is 0 Å². The van der Waals surface area contributed by atoms with Crippen LogP contribution in [0.2, 0.25) is 0 Å². The fourth-order valence-electron chi connectivity index (χ4n) is 3.21. The molecule has 3 rings (SSSR count). The molecular formula is C16H22N4O2S2. The predicted octanol–water partition coefficient (Wildman–Crippen LogP) is 3.30. The van der Waals surface area contributed by atoms with E-state index in [-0.39, 0.29) is 24.2 Å². The van der Waals surface area contributed by atoms with E-state index in [0.29, 0.717) is 10.6 Å². The molecule has 6 nitrogen and oxygen atoms in total. The van der Waals surface area contributed by atoms with Gasteiger partial charge in [0.1, 0.15) is 6.04 Å². The van der Waals surface area contributed by atoms with Crippen LogP contribution in [0.25, 0.3) is 10.7 Å². The Labute approximate surface area is 150 Å². The van der Waals surface area contributed by atoms with E-state index < -0.39 is 6.04 Å². The lowest BCUT2D eigenvalue weighted by Crippen LogP contribution is -2.45. The predicted molar refractivity (Wildman–Crippen MR) is 96.6 cm³/mol. The Bertz CT molecular complexity index is 742. The van der Waals surface area contributed by atoms with E-state index in [1.807, 2.05) is 38.3 Å².